The molecule has 1 aliphatic rings. The van der Waals surface area contributed by atoms with Crippen molar-refractivity contribution in [1.82, 2.24) is 19.5 Å². The van der Waals surface area contributed by atoms with Crippen molar-refractivity contribution in [1.29, 1.82) is 0 Å². The zero-order chi connectivity index (χ0) is 23.7. The third-order valence-electron chi connectivity index (χ3n) is 6.16. The number of piperazine rings is 1. The van der Waals surface area contributed by atoms with Crippen molar-refractivity contribution < 1.29 is 14.6 Å². The number of aryl methyl sites for hydroxylation is 1. The lowest BCUT2D eigenvalue weighted by atomic mass is 10.0. The molecule has 34 heavy (non-hydrogen) atoms. The Morgan fingerprint density at radius 2 is 1.82 bits per heavy atom. The lowest BCUT2D eigenvalue weighted by molar-refractivity contribution is 0.210. The van der Waals surface area contributed by atoms with E-state index < -0.39 is 0 Å². The number of rotatable bonds is 7. The van der Waals surface area contributed by atoms with Gasteiger partial charge in [0.2, 0.25) is 10.8 Å². The second kappa shape index (κ2) is 9.52. The van der Waals surface area contributed by atoms with Crippen LogP contribution in [0.2, 0.25) is 0 Å². The summed E-state index contributed by atoms with van der Waals surface area (Å²) in [6.07, 6.45) is 0. The first-order chi connectivity index (χ1) is 16.6. The molecule has 0 spiro atoms. The predicted molar refractivity (Wildman–Crippen MR) is 133 cm³/mol. The van der Waals surface area contributed by atoms with Gasteiger partial charge in [0, 0.05) is 31.9 Å². The predicted octanol–water partition coefficient (Wildman–Crippen LogP) is 4.12. The minimum absolute atomic E-state index is 0.143. The molecule has 0 bridgehead atoms. The van der Waals surface area contributed by atoms with Crippen LogP contribution in [-0.4, -0.2) is 64.5 Å². The summed E-state index contributed by atoms with van der Waals surface area (Å²) < 4.78 is 12.9. The van der Waals surface area contributed by atoms with Crippen molar-refractivity contribution in [3.8, 4) is 17.4 Å². The van der Waals surface area contributed by atoms with Crippen molar-refractivity contribution in [3.63, 3.8) is 0 Å². The summed E-state index contributed by atoms with van der Waals surface area (Å²) in [5.74, 6) is 2.18. The van der Waals surface area contributed by atoms with Crippen LogP contribution in [0.3, 0.4) is 0 Å². The third kappa shape index (κ3) is 4.17. The molecule has 0 aliphatic carbocycles. The van der Waals surface area contributed by atoms with E-state index in [1.54, 1.807) is 7.11 Å². The second-order valence-corrected chi connectivity index (χ2v) is 9.26. The van der Waals surface area contributed by atoms with E-state index in [1.165, 1.54) is 21.5 Å². The van der Waals surface area contributed by atoms with Gasteiger partial charge in [-0.25, -0.2) is 4.98 Å². The van der Waals surface area contributed by atoms with Gasteiger partial charge in [-0.1, -0.05) is 35.6 Å². The average Bonchev–Trinajstić information content (AvgIpc) is 3.38. The molecule has 4 aromatic rings. The number of methoxy groups -OCH3 is 1. The van der Waals surface area contributed by atoms with Crippen LogP contribution in [0.15, 0.2) is 48.5 Å². The Balaban J connectivity index is 1.51. The number of nitrogens with zero attached hydrogens (tertiary/aromatic N) is 5. The largest absolute Gasteiger partial charge is 0.493 e. The highest BCUT2D eigenvalue weighted by Gasteiger charge is 2.32. The summed E-state index contributed by atoms with van der Waals surface area (Å²) in [5, 5.41) is 15.5. The molecule has 2 aromatic carbocycles. The van der Waals surface area contributed by atoms with Gasteiger partial charge >= 0.3 is 0 Å². The molecular weight excluding hydrogens is 450 g/mol. The van der Waals surface area contributed by atoms with E-state index in [0.717, 1.165) is 36.6 Å². The third-order valence-corrected chi connectivity index (χ3v) is 7.23. The molecule has 1 aliphatic heterocycles. The van der Waals surface area contributed by atoms with Crippen molar-refractivity contribution >= 4 is 22.0 Å². The number of hydrogen-bond acceptors (Lipinski definition) is 8. The van der Waals surface area contributed by atoms with Crippen molar-refractivity contribution in [3.05, 3.63) is 64.8 Å². The number of anilines is 1. The van der Waals surface area contributed by atoms with Crippen molar-refractivity contribution in [2.75, 3.05) is 44.8 Å². The summed E-state index contributed by atoms with van der Waals surface area (Å²) in [6, 6.07) is 16.4. The van der Waals surface area contributed by atoms with Crippen LogP contribution in [0.1, 0.15) is 29.2 Å². The number of aromatic nitrogens is 3. The van der Waals surface area contributed by atoms with Crippen LogP contribution >= 0.6 is 11.3 Å². The number of aromatic hydroxyl groups is 1. The first-order valence-corrected chi connectivity index (χ1v) is 12.3. The minimum atomic E-state index is -0.156. The molecule has 8 nitrogen and oxygen atoms in total. The van der Waals surface area contributed by atoms with E-state index >= 15 is 0 Å². The molecule has 0 amide bonds. The first-order valence-electron chi connectivity index (χ1n) is 11.5. The molecular formula is C25H29N5O3S. The van der Waals surface area contributed by atoms with Gasteiger partial charge in [-0.05, 0) is 43.7 Å². The molecule has 0 radical (unpaired) electrons. The molecule has 3 heterocycles. The fourth-order valence-corrected chi connectivity index (χ4v) is 5.72. The van der Waals surface area contributed by atoms with E-state index in [-0.39, 0.29) is 11.9 Å². The van der Waals surface area contributed by atoms with Gasteiger partial charge in [0.15, 0.2) is 11.5 Å². The maximum absolute atomic E-state index is 11.1. The molecule has 1 N–H and O–H groups in total. The maximum atomic E-state index is 11.1. The highest BCUT2D eigenvalue weighted by Crippen LogP contribution is 2.42. The second-order valence-electron chi connectivity index (χ2n) is 8.25. The molecule has 178 valence electrons. The van der Waals surface area contributed by atoms with Crippen molar-refractivity contribution in [2.24, 2.45) is 0 Å². The minimum Gasteiger partial charge on any atom is -0.493 e. The van der Waals surface area contributed by atoms with E-state index in [0.29, 0.717) is 28.9 Å². The van der Waals surface area contributed by atoms with E-state index in [1.807, 2.05) is 32.0 Å². The lowest BCUT2D eigenvalue weighted by Crippen LogP contribution is -2.47. The molecule has 1 atom stereocenters. The Bertz CT molecular complexity index is 1260. The number of fused-ring (bicyclic) bond motifs is 1. The number of benzene rings is 2. The molecule has 1 saturated heterocycles. The molecule has 1 fully saturated rings. The standard InChI is InChI=1S/C25H29N5O3S/c1-4-33-20-11-10-18(16-21(20)32-3)22(23-24(31)30-25(34-23)26-17(2)27-30)29-14-12-28(13-15-29)19-8-6-5-7-9-19/h5-11,16,22,31H,4,12-15H2,1-3H3/t22-/m0/s1. The zero-order valence-corrected chi connectivity index (χ0v) is 20.5. The van der Waals surface area contributed by atoms with Crippen LogP contribution in [-0.2, 0) is 0 Å². The summed E-state index contributed by atoms with van der Waals surface area (Å²) in [7, 11) is 1.65. The highest BCUT2D eigenvalue weighted by molar-refractivity contribution is 7.17. The quantitative estimate of drug-likeness (QED) is 0.427. The highest BCUT2D eigenvalue weighted by atomic mass is 32.1. The Labute approximate surface area is 203 Å². The van der Waals surface area contributed by atoms with Gasteiger partial charge in [0.25, 0.3) is 0 Å². The van der Waals surface area contributed by atoms with Gasteiger partial charge < -0.3 is 19.5 Å². The van der Waals surface area contributed by atoms with Gasteiger partial charge in [0.1, 0.15) is 5.82 Å². The SMILES string of the molecule is CCOc1ccc([C@@H](c2sc3nc(C)nn3c2O)N2CCN(c3ccccc3)CC2)cc1OC. The normalized spacial score (nSPS) is 15.6. The Hall–Kier alpha value is -3.30. The Kier molecular flexibility index (Phi) is 6.30. The first kappa shape index (κ1) is 22.5. The van der Waals surface area contributed by atoms with Crippen LogP contribution in [0.4, 0.5) is 5.69 Å². The van der Waals surface area contributed by atoms with Crippen molar-refractivity contribution in [2.45, 2.75) is 19.9 Å². The van der Waals surface area contributed by atoms with Gasteiger partial charge in [-0.2, -0.15) is 4.52 Å². The fourth-order valence-electron chi connectivity index (χ4n) is 4.56. The number of ether oxygens (including phenoxy) is 2. The lowest BCUT2D eigenvalue weighted by Gasteiger charge is -2.40. The molecule has 0 saturated carbocycles. The van der Waals surface area contributed by atoms with E-state index in [9.17, 15) is 5.11 Å². The molecule has 0 unspecified atom stereocenters. The van der Waals surface area contributed by atoms with E-state index in [4.69, 9.17) is 9.47 Å². The van der Waals surface area contributed by atoms with Crippen LogP contribution in [0.5, 0.6) is 17.4 Å². The smallest absolute Gasteiger partial charge is 0.230 e. The maximum Gasteiger partial charge on any atom is 0.230 e. The fraction of sp³-hybridized carbons (Fsp3) is 0.360. The molecule has 2 aromatic heterocycles. The summed E-state index contributed by atoms with van der Waals surface area (Å²) >= 11 is 1.48. The molecule has 9 heteroatoms. The van der Waals surface area contributed by atoms with Gasteiger partial charge in [-0.3, -0.25) is 4.90 Å². The number of thiazole rings is 1. The topological polar surface area (TPSA) is 75.4 Å². The van der Waals surface area contributed by atoms with Crippen LogP contribution < -0.4 is 14.4 Å². The van der Waals surface area contributed by atoms with Crippen LogP contribution in [0, 0.1) is 6.92 Å². The summed E-state index contributed by atoms with van der Waals surface area (Å²) in [6.45, 7) is 7.84. The zero-order valence-electron chi connectivity index (χ0n) is 19.6. The Morgan fingerprint density at radius 3 is 2.50 bits per heavy atom. The van der Waals surface area contributed by atoms with Gasteiger partial charge in [-0.15, -0.1) is 5.10 Å². The van der Waals surface area contributed by atoms with Crippen LogP contribution in [0.25, 0.3) is 4.96 Å². The van der Waals surface area contributed by atoms with E-state index in [2.05, 4.69) is 50.2 Å². The monoisotopic (exact) mass is 479 g/mol. The Morgan fingerprint density at radius 1 is 1.06 bits per heavy atom. The number of para-hydroxylation sites is 1. The summed E-state index contributed by atoms with van der Waals surface area (Å²) in [4.78, 5) is 10.8. The number of hydrogen-bond donors (Lipinski definition) is 1. The van der Waals surface area contributed by atoms with Gasteiger partial charge in [0.05, 0.1) is 24.6 Å². The molecule has 5 rings (SSSR count). The average molecular weight is 480 g/mol. The summed E-state index contributed by atoms with van der Waals surface area (Å²) in [5.41, 5.74) is 2.27.